The fourth-order valence-corrected chi connectivity index (χ4v) is 8.79. The van der Waals surface area contributed by atoms with Gasteiger partial charge in [0.1, 0.15) is 18.0 Å². The van der Waals surface area contributed by atoms with Crippen molar-refractivity contribution in [3.8, 4) is 0 Å². The minimum atomic E-state index is -2.09. The molecule has 46 heavy (non-hydrogen) atoms. The average Bonchev–Trinajstić information content (AvgIpc) is 3.07. The van der Waals surface area contributed by atoms with Crippen LogP contribution in [0.1, 0.15) is 50.3 Å². The number of ether oxygens (including phenoxy) is 4. The van der Waals surface area contributed by atoms with Gasteiger partial charge in [0.05, 0.1) is 36.8 Å². The van der Waals surface area contributed by atoms with Crippen molar-refractivity contribution in [1.82, 2.24) is 0 Å². The standard InChI is InChI=1S/C38H50O5S2Si/c1-38(2,3)46(4,5)42-28-34(40-26-30-18-11-7-12-19-30)36-35(41-27-31-20-13-8-14-21-31)32(39-25-29-16-9-6-10-17-29)24-33(43-36)37-44-22-15-23-45-37/h6-14,16-21,32,34-36H,15,22-28H2,1-5H3/t32-,34-,35-,36-/m1/s1. The van der Waals surface area contributed by atoms with Gasteiger partial charge in [-0.2, -0.15) is 0 Å². The van der Waals surface area contributed by atoms with Gasteiger partial charge < -0.3 is 23.4 Å². The average molecular weight is 679 g/mol. The minimum Gasteiger partial charge on any atom is -0.487 e. The number of thioether (sulfide) groups is 2. The van der Waals surface area contributed by atoms with E-state index < -0.39 is 14.4 Å². The molecule has 0 bridgehead atoms. The first-order valence-corrected chi connectivity index (χ1v) is 21.3. The summed E-state index contributed by atoms with van der Waals surface area (Å²) in [5, 5.41) is 0.0669. The summed E-state index contributed by atoms with van der Waals surface area (Å²) in [4.78, 5) is 0. The van der Waals surface area contributed by atoms with E-state index >= 15 is 0 Å². The van der Waals surface area contributed by atoms with Gasteiger partial charge in [-0.05, 0) is 52.7 Å². The van der Waals surface area contributed by atoms with Crippen molar-refractivity contribution < 1.29 is 23.4 Å². The Morgan fingerprint density at radius 3 is 1.83 bits per heavy atom. The lowest BCUT2D eigenvalue weighted by molar-refractivity contribution is -0.202. The van der Waals surface area contributed by atoms with Crippen LogP contribution < -0.4 is 0 Å². The molecule has 0 aliphatic carbocycles. The molecule has 0 aromatic heterocycles. The highest BCUT2D eigenvalue weighted by Crippen LogP contribution is 2.43. The third kappa shape index (κ3) is 9.98. The molecular weight excluding hydrogens is 629 g/mol. The zero-order chi connectivity index (χ0) is 32.4. The molecule has 5 nitrogen and oxygen atoms in total. The van der Waals surface area contributed by atoms with Gasteiger partial charge in [0.25, 0.3) is 0 Å². The van der Waals surface area contributed by atoms with Crippen molar-refractivity contribution in [1.29, 1.82) is 0 Å². The molecule has 2 aliphatic heterocycles. The van der Waals surface area contributed by atoms with Gasteiger partial charge in [-0.3, -0.25) is 0 Å². The van der Waals surface area contributed by atoms with Crippen molar-refractivity contribution in [2.24, 2.45) is 0 Å². The lowest BCUT2D eigenvalue weighted by Crippen LogP contribution is -2.55. The molecule has 2 fully saturated rings. The smallest absolute Gasteiger partial charge is 0.192 e. The van der Waals surface area contributed by atoms with Crippen LogP contribution in [0.25, 0.3) is 0 Å². The highest BCUT2D eigenvalue weighted by Gasteiger charge is 2.46. The molecule has 0 spiro atoms. The summed E-state index contributed by atoms with van der Waals surface area (Å²) in [7, 11) is -2.09. The van der Waals surface area contributed by atoms with Crippen molar-refractivity contribution in [2.75, 3.05) is 18.1 Å². The maximum atomic E-state index is 7.05. The van der Waals surface area contributed by atoms with Crippen LogP contribution in [0.5, 0.6) is 0 Å². The molecule has 0 saturated carbocycles. The van der Waals surface area contributed by atoms with E-state index in [1.54, 1.807) is 0 Å². The molecule has 3 aromatic rings. The molecule has 0 radical (unpaired) electrons. The van der Waals surface area contributed by atoms with Crippen molar-refractivity contribution in [3.05, 3.63) is 118 Å². The first-order chi connectivity index (χ1) is 22.2. The zero-order valence-electron chi connectivity index (χ0n) is 28.0. The molecule has 4 atom stereocenters. The lowest BCUT2D eigenvalue weighted by atomic mass is 9.96. The monoisotopic (exact) mass is 678 g/mol. The van der Waals surface area contributed by atoms with Gasteiger partial charge in [0, 0.05) is 6.42 Å². The van der Waals surface area contributed by atoms with Crippen molar-refractivity contribution >= 4 is 31.8 Å². The molecular formula is C38H50O5S2Si. The quantitative estimate of drug-likeness (QED) is 0.167. The number of rotatable bonds is 13. The fraction of sp³-hybridized carbons (Fsp3) is 0.474. The molecule has 2 aliphatic rings. The Labute approximate surface area is 285 Å². The fourth-order valence-electron chi connectivity index (χ4n) is 5.22. The van der Waals surface area contributed by atoms with Crippen LogP contribution in [0.4, 0.5) is 0 Å². The van der Waals surface area contributed by atoms with Crippen LogP contribution in [0, 0.1) is 0 Å². The molecule has 3 aromatic carbocycles. The van der Waals surface area contributed by atoms with Gasteiger partial charge >= 0.3 is 0 Å². The highest BCUT2D eigenvalue weighted by molar-refractivity contribution is 8.22. The van der Waals surface area contributed by atoms with E-state index in [0.717, 1.165) is 34.0 Å². The second-order valence-corrected chi connectivity index (χ2v) is 20.8. The Morgan fingerprint density at radius 2 is 1.28 bits per heavy atom. The molecule has 0 amide bonds. The Hall–Kier alpha value is -2.04. The molecule has 2 heterocycles. The predicted molar refractivity (Wildman–Crippen MR) is 194 cm³/mol. The van der Waals surface area contributed by atoms with E-state index in [4.69, 9.17) is 23.4 Å². The third-order valence-corrected chi connectivity index (χ3v) is 16.2. The van der Waals surface area contributed by atoms with E-state index in [0.29, 0.717) is 32.8 Å². The minimum absolute atomic E-state index is 0.0669. The predicted octanol–water partition coefficient (Wildman–Crippen LogP) is 9.59. The topological polar surface area (TPSA) is 46.2 Å². The summed E-state index contributed by atoms with van der Waals surface area (Å²) >= 11 is 3.80. The van der Waals surface area contributed by atoms with E-state index in [1.807, 2.05) is 41.7 Å². The normalized spacial score (nSPS) is 21.5. The summed E-state index contributed by atoms with van der Waals surface area (Å²) in [6.07, 6.45) is 0.492. The zero-order valence-corrected chi connectivity index (χ0v) is 30.6. The molecule has 8 heteroatoms. The second-order valence-electron chi connectivity index (χ2n) is 13.6. The second kappa shape index (κ2) is 16.9. The van der Waals surface area contributed by atoms with Crippen molar-refractivity contribution in [3.63, 3.8) is 0 Å². The largest absolute Gasteiger partial charge is 0.487 e. The molecule has 2 saturated heterocycles. The number of hydrogen-bond donors (Lipinski definition) is 0. The van der Waals surface area contributed by atoms with E-state index in [-0.39, 0.29) is 23.4 Å². The molecule has 0 N–H and O–H groups in total. The number of benzene rings is 3. The van der Waals surface area contributed by atoms with E-state index in [9.17, 15) is 0 Å². The highest BCUT2D eigenvalue weighted by atomic mass is 32.2. The van der Waals surface area contributed by atoms with E-state index in [2.05, 4.69) is 107 Å². The lowest BCUT2D eigenvalue weighted by Gasteiger charge is -2.44. The maximum Gasteiger partial charge on any atom is 0.192 e. The number of hydrogen-bond acceptors (Lipinski definition) is 7. The van der Waals surface area contributed by atoms with Gasteiger partial charge in [-0.25, -0.2) is 0 Å². The summed E-state index contributed by atoms with van der Waals surface area (Å²) in [5.41, 5.74) is 3.37. The Bertz CT molecular complexity index is 1360. The Morgan fingerprint density at radius 1 is 0.761 bits per heavy atom. The van der Waals surface area contributed by atoms with Crippen LogP contribution in [-0.4, -0.2) is 50.8 Å². The van der Waals surface area contributed by atoms with Gasteiger partial charge in [-0.15, -0.1) is 23.5 Å². The van der Waals surface area contributed by atoms with Crippen LogP contribution in [0.15, 0.2) is 101 Å². The van der Waals surface area contributed by atoms with Crippen LogP contribution in [0.3, 0.4) is 0 Å². The van der Waals surface area contributed by atoms with Gasteiger partial charge in [0.2, 0.25) is 0 Å². The summed E-state index contributed by atoms with van der Waals surface area (Å²) in [6.45, 7) is 13.3. The first-order valence-electron chi connectivity index (χ1n) is 16.5. The molecule has 5 rings (SSSR count). The summed E-state index contributed by atoms with van der Waals surface area (Å²) in [5.74, 6) is 3.20. The van der Waals surface area contributed by atoms with Crippen LogP contribution in [-0.2, 0) is 43.2 Å². The summed E-state index contributed by atoms with van der Waals surface area (Å²) < 4.78 is 35.6. The van der Waals surface area contributed by atoms with Gasteiger partial charge in [0.15, 0.2) is 14.4 Å². The van der Waals surface area contributed by atoms with Gasteiger partial charge in [-0.1, -0.05) is 112 Å². The SMILES string of the molecule is CC(C)(C)[Si](C)(C)OC[C@@H](OCc1ccccc1)[C@H]1OC(=C2SCCCS2)C[C@@H](OCc2ccccc2)[C@H]1OCc1ccccc1. The Balaban J connectivity index is 1.49. The summed E-state index contributed by atoms with van der Waals surface area (Å²) in [6, 6.07) is 31.1. The van der Waals surface area contributed by atoms with Crippen LogP contribution >= 0.6 is 23.5 Å². The maximum absolute atomic E-state index is 7.05. The van der Waals surface area contributed by atoms with Crippen LogP contribution in [0.2, 0.25) is 18.1 Å². The van der Waals surface area contributed by atoms with Crippen molar-refractivity contribution in [2.45, 2.75) is 96.0 Å². The molecule has 0 unspecified atom stereocenters. The van der Waals surface area contributed by atoms with E-state index in [1.165, 1.54) is 10.7 Å². The Kier molecular flexibility index (Phi) is 12.9. The molecule has 248 valence electrons. The third-order valence-electron chi connectivity index (χ3n) is 9.02. The first kappa shape index (κ1) is 35.3.